The van der Waals surface area contributed by atoms with Gasteiger partial charge in [0.1, 0.15) is 0 Å². The number of hydrogen-bond acceptors (Lipinski definition) is 1. The summed E-state index contributed by atoms with van der Waals surface area (Å²) in [7, 11) is 0. The van der Waals surface area contributed by atoms with Crippen LogP contribution in [-0.2, 0) is 0 Å². The molecule has 0 spiro atoms. The number of rotatable bonds is 0. The second kappa shape index (κ2) is 2.76. The average molecular weight is 208 g/mol. The Morgan fingerprint density at radius 1 is 1.67 bits per heavy atom. The van der Waals surface area contributed by atoms with Gasteiger partial charge in [0.05, 0.1) is 10.2 Å². The topological polar surface area (TPSA) is 26.0 Å². The van der Waals surface area contributed by atoms with E-state index in [0.29, 0.717) is 0 Å². The Morgan fingerprint density at radius 3 is 2.78 bits per heavy atom. The van der Waals surface area contributed by atoms with Crippen molar-refractivity contribution in [2.24, 2.45) is 5.73 Å². The smallest absolute Gasteiger partial charge is 0.0739 e. The highest BCUT2D eigenvalue weighted by Gasteiger charge is 2.17. The van der Waals surface area contributed by atoms with Crippen molar-refractivity contribution in [3.05, 3.63) is 23.9 Å². The fourth-order valence-corrected chi connectivity index (χ4v) is 1.20. The van der Waals surface area contributed by atoms with E-state index in [2.05, 4.69) is 15.9 Å². The molecule has 0 aromatic carbocycles. The van der Waals surface area contributed by atoms with E-state index in [0.717, 1.165) is 5.70 Å². The minimum absolute atomic E-state index is 0.00463. The van der Waals surface area contributed by atoms with E-state index in [-0.39, 0.29) is 10.2 Å². The van der Waals surface area contributed by atoms with Crippen LogP contribution in [0.3, 0.4) is 0 Å². The lowest BCUT2D eigenvalue weighted by Gasteiger charge is -2.15. The fraction of sp³-hybridized carbons (Fsp3) is 0.333. The molecule has 1 nitrogen and oxygen atoms in total. The van der Waals surface area contributed by atoms with E-state index in [1.54, 1.807) is 0 Å². The van der Waals surface area contributed by atoms with Gasteiger partial charge in [-0.05, 0) is 6.08 Å². The molecule has 0 heterocycles. The van der Waals surface area contributed by atoms with Gasteiger partial charge in [0.15, 0.2) is 0 Å². The van der Waals surface area contributed by atoms with Gasteiger partial charge >= 0.3 is 0 Å². The van der Waals surface area contributed by atoms with Crippen molar-refractivity contribution in [2.75, 3.05) is 0 Å². The van der Waals surface area contributed by atoms with E-state index in [1.165, 1.54) is 0 Å². The molecule has 0 amide bonds. The van der Waals surface area contributed by atoms with Crippen molar-refractivity contribution in [1.29, 1.82) is 0 Å². The summed E-state index contributed by atoms with van der Waals surface area (Å²) < 4.78 is 0. The summed E-state index contributed by atoms with van der Waals surface area (Å²) >= 11 is 9.15. The third-order valence-corrected chi connectivity index (χ3v) is 2.98. The monoisotopic (exact) mass is 207 g/mol. The summed E-state index contributed by atoms with van der Waals surface area (Å²) in [5.41, 5.74) is 6.34. The number of allylic oxidation sites excluding steroid dienone is 4. The van der Waals surface area contributed by atoms with Crippen LogP contribution in [0.5, 0.6) is 0 Å². The molecule has 1 aliphatic carbocycles. The molecule has 0 aromatic heterocycles. The molecule has 0 aliphatic heterocycles. The number of alkyl halides is 2. The zero-order chi connectivity index (χ0) is 6.85. The molecule has 9 heavy (non-hydrogen) atoms. The molecule has 2 N–H and O–H groups in total. The summed E-state index contributed by atoms with van der Waals surface area (Å²) in [5, 5.41) is -0.00463. The molecule has 0 saturated heterocycles. The number of hydrogen-bond donors (Lipinski definition) is 1. The molecule has 1 aliphatic rings. The first-order chi connectivity index (χ1) is 4.22. The van der Waals surface area contributed by atoms with Gasteiger partial charge in [-0.15, -0.1) is 11.6 Å². The zero-order valence-corrected chi connectivity index (χ0v) is 7.06. The Labute approximate surface area is 67.7 Å². The Morgan fingerprint density at radius 2 is 2.33 bits per heavy atom. The molecule has 2 atom stereocenters. The standard InChI is InChI=1S/C6H7BrClN/c7-6-4(8)2-1-3-5(6)9/h1-4,6H,9H2. The van der Waals surface area contributed by atoms with Gasteiger partial charge in [-0.2, -0.15) is 0 Å². The highest BCUT2D eigenvalue weighted by molar-refractivity contribution is 9.09. The molecule has 0 saturated carbocycles. The van der Waals surface area contributed by atoms with Gasteiger partial charge in [-0.1, -0.05) is 28.1 Å². The molecule has 0 bridgehead atoms. The van der Waals surface area contributed by atoms with Crippen molar-refractivity contribution in [3.8, 4) is 0 Å². The Hall–Kier alpha value is 0.0500. The molecule has 50 valence electrons. The second-order valence-corrected chi connectivity index (χ2v) is 3.39. The van der Waals surface area contributed by atoms with Gasteiger partial charge in [-0.25, -0.2) is 0 Å². The van der Waals surface area contributed by atoms with Crippen molar-refractivity contribution in [2.45, 2.75) is 10.2 Å². The molecule has 2 unspecified atom stereocenters. The molecule has 0 radical (unpaired) electrons. The van der Waals surface area contributed by atoms with Crippen LogP contribution in [0.4, 0.5) is 0 Å². The van der Waals surface area contributed by atoms with Crippen LogP contribution >= 0.6 is 27.5 Å². The van der Waals surface area contributed by atoms with Crippen LogP contribution in [0, 0.1) is 0 Å². The van der Waals surface area contributed by atoms with Crippen molar-refractivity contribution >= 4 is 27.5 Å². The molecule has 0 fully saturated rings. The highest BCUT2D eigenvalue weighted by Crippen LogP contribution is 2.21. The van der Waals surface area contributed by atoms with Crippen molar-refractivity contribution < 1.29 is 0 Å². The summed E-state index contributed by atoms with van der Waals surface area (Å²) in [5.74, 6) is 0. The lowest BCUT2D eigenvalue weighted by Crippen LogP contribution is -2.22. The highest BCUT2D eigenvalue weighted by atomic mass is 79.9. The Kier molecular flexibility index (Phi) is 2.19. The lowest BCUT2D eigenvalue weighted by molar-refractivity contribution is 0.986. The summed E-state index contributed by atoms with van der Waals surface area (Å²) in [6.07, 6.45) is 5.61. The van der Waals surface area contributed by atoms with Gasteiger partial charge < -0.3 is 5.73 Å². The largest absolute Gasteiger partial charge is 0.401 e. The van der Waals surface area contributed by atoms with Crippen molar-refractivity contribution in [1.82, 2.24) is 0 Å². The van der Waals surface area contributed by atoms with Crippen LogP contribution < -0.4 is 5.73 Å². The first-order valence-corrected chi connectivity index (χ1v) is 3.99. The van der Waals surface area contributed by atoms with Gasteiger partial charge in [0.25, 0.3) is 0 Å². The summed E-state index contributed by atoms with van der Waals surface area (Å²) in [6.45, 7) is 0. The minimum Gasteiger partial charge on any atom is -0.401 e. The van der Waals surface area contributed by atoms with E-state index < -0.39 is 0 Å². The maximum atomic E-state index is 5.81. The van der Waals surface area contributed by atoms with Crippen LogP contribution in [0.1, 0.15) is 0 Å². The first kappa shape index (κ1) is 7.16. The van der Waals surface area contributed by atoms with E-state index >= 15 is 0 Å². The first-order valence-electron chi connectivity index (χ1n) is 2.64. The van der Waals surface area contributed by atoms with E-state index in [1.807, 2.05) is 18.2 Å². The maximum absolute atomic E-state index is 5.81. The number of halogens is 2. The predicted octanol–water partition coefficient (Wildman–Crippen LogP) is 1.77. The van der Waals surface area contributed by atoms with Gasteiger partial charge in [0, 0.05) is 5.70 Å². The summed E-state index contributed by atoms with van der Waals surface area (Å²) in [6, 6.07) is 0. The average Bonchev–Trinajstić information content (AvgIpc) is 1.83. The lowest BCUT2D eigenvalue weighted by atomic mass is 10.1. The molecule has 1 rings (SSSR count). The fourth-order valence-electron chi connectivity index (χ4n) is 0.646. The van der Waals surface area contributed by atoms with E-state index in [9.17, 15) is 0 Å². The quantitative estimate of drug-likeness (QED) is 0.603. The van der Waals surface area contributed by atoms with E-state index in [4.69, 9.17) is 17.3 Å². The Balaban J connectivity index is 2.73. The predicted molar refractivity (Wildman–Crippen MR) is 43.8 cm³/mol. The summed E-state index contributed by atoms with van der Waals surface area (Å²) in [4.78, 5) is 0.101. The number of nitrogens with two attached hydrogens (primary N) is 1. The van der Waals surface area contributed by atoms with Gasteiger partial charge in [0.2, 0.25) is 0 Å². The molecule has 3 heteroatoms. The third-order valence-electron chi connectivity index (χ3n) is 1.18. The van der Waals surface area contributed by atoms with Crippen LogP contribution in [0.25, 0.3) is 0 Å². The SMILES string of the molecule is NC1=CC=CC(Cl)C1Br. The van der Waals surface area contributed by atoms with Crippen LogP contribution in [0.15, 0.2) is 23.9 Å². The minimum atomic E-state index is -0.00463. The normalized spacial score (nSPS) is 34.2. The van der Waals surface area contributed by atoms with Crippen molar-refractivity contribution in [3.63, 3.8) is 0 Å². The van der Waals surface area contributed by atoms with Crippen LogP contribution in [0.2, 0.25) is 0 Å². The second-order valence-electron chi connectivity index (χ2n) is 1.90. The molecule has 0 aromatic rings. The third kappa shape index (κ3) is 1.49. The zero-order valence-electron chi connectivity index (χ0n) is 4.72. The molecular weight excluding hydrogens is 201 g/mol. The maximum Gasteiger partial charge on any atom is 0.0739 e. The van der Waals surface area contributed by atoms with Crippen LogP contribution in [-0.4, -0.2) is 10.2 Å². The Bertz CT molecular complexity index is 164. The molecular formula is C6H7BrClN. The van der Waals surface area contributed by atoms with Gasteiger partial charge in [-0.3, -0.25) is 0 Å².